The lowest BCUT2D eigenvalue weighted by Crippen LogP contribution is -2.53. The van der Waals surface area contributed by atoms with Gasteiger partial charge in [0.25, 0.3) is 0 Å². The second-order valence-corrected chi connectivity index (χ2v) is 3.52. The molecule has 1 saturated heterocycles. The quantitative estimate of drug-likeness (QED) is 0.644. The molecular formula is C10H18O4. The van der Waals surface area contributed by atoms with Gasteiger partial charge in [0.1, 0.15) is 5.60 Å². The summed E-state index contributed by atoms with van der Waals surface area (Å²) in [5.41, 5.74) is -0.537. The van der Waals surface area contributed by atoms with E-state index in [2.05, 4.69) is 0 Å². The van der Waals surface area contributed by atoms with E-state index in [1.54, 1.807) is 6.92 Å². The van der Waals surface area contributed by atoms with Gasteiger partial charge in [0.15, 0.2) is 6.10 Å². The Bertz CT molecular complexity index is 204. The van der Waals surface area contributed by atoms with Crippen LogP contribution in [0.15, 0.2) is 0 Å². The molecular weight excluding hydrogens is 184 g/mol. The number of carbonyl (C=O) groups is 1. The first-order chi connectivity index (χ1) is 6.64. The Morgan fingerprint density at radius 1 is 1.50 bits per heavy atom. The minimum atomic E-state index is -0.582. The average Bonchev–Trinajstić information content (AvgIpc) is 2.19. The lowest BCUT2D eigenvalue weighted by atomic mass is 9.94. The molecule has 0 N–H and O–H groups in total. The first-order valence-electron chi connectivity index (χ1n) is 5.06. The minimum absolute atomic E-state index is 0.323. The van der Waals surface area contributed by atoms with Gasteiger partial charge in [-0.1, -0.05) is 6.92 Å². The van der Waals surface area contributed by atoms with Crippen LogP contribution in [-0.2, 0) is 19.0 Å². The summed E-state index contributed by atoms with van der Waals surface area (Å²) in [6, 6.07) is 0. The van der Waals surface area contributed by atoms with Crippen LogP contribution in [0.2, 0.25) is 0 Å². The fourth-order valence-corrected chi connectivity index (χ4v) is 1.52. The highest BCUT2D eigenvalue weighted by molar-refractivity contribution is 5.76. The molecule has 4 heteroatoms. The Hall–Kier alpha value is -0.610. The standard InChI is InChI=1S/C10H18O4/c1-4-10(3)8(9(11)12-5-2)13-6-7-14-10/h8H,4-7H2,1-3H3/t8-,10-/m0/s1. The molecule has 0 unspecified atom stereocenters. The lowest BCUT2D eigenvalue weighted by molar-refractivity contribution is -0.213. The van der Waals surface area contributed by atoms with Crippen molar-refractivity contribution in [2.75, 3.05) is 19.8 Å². The molecule has 0 saturated carbocycles. The molecule has 0 aromatic heterocycles. The molecule has 1 fully saturated rings. The summed E-state index contributed by atoms with van der Waals surface area (Å²) in [5.74, 6) is -0.323. The second-order valence-electron chi connectivity index (χ2n) is 3.52. The zero-order chi connectivity index (χ0) is 10.6. The summed E-state index contributed by atoms with van der Waals surface area (Å²) >= 11 is 0. The van der Waals surface area contributed by atoms with Crippen molar-refractivity contribution in [2.45, 2.75) is 38.9 Å². The minimum Gasteiger partial charge on any atom is -0.464 e. The van der Waals surface area contributed by atoms with E-state index in [1.807, 2.05) is 13.8 Å². The molecule has 82 valence electrons. The molecule has 1 heterocycles. The summed E-state index contributed by atoms with van der Waals surface area (Å²) < 4.78 is 15.9. The van der Waals surface area contributed by atoms with Crippen molar-refractivity contribution in [1.29, 1.82) is 0 Å². The van der Waals surface area contributed by atoms with Crippen LogP contribution >= 0.6 is 0 Å². The topological polar surface area (TPSA) is 44.8 Å². The van der Waals surface area contributed by atoms with Crippen LogP contribution < -0.4 is 0 Å². The van der Waals surface area contributed by atoms with Crippen molar-refractivity contribution in [3.8, 4) is 0 Å². The highest BCUT2D eigenvalue weighted by Gasteiger charge is 2.43. The molecule has 0 aliphatic carbocycles. The summed E-state index contributed by atoms with van der Waals surface area (Å²) in [4.78, 5) is 11.5. The van der Waals surface area contributed by atoms with Crippen LogP contribution in [0.1, 0.15) is 27.2 Å². The highest BCUT2D eigenvalue weighted by Crippen LogP contribution is 2.26. The maximum atomic E-state index is 11.5. The first kappa shape index (κ1) is 11.5. The molecule has 14 heavy (non-hydrogen) atoms. The smallest absolute Gasteiger partial charge is 0.338 e. The van der Waals surface area contributed by atoms with Gasteiger partial charge in [0, 0.05) is 0 Å². The normalized spacial score (nSPS) is 32.6. The Morgan fingerprint density at radius 3 is 2.79 bits per heavy atom. The fraction of sp³-hybridized carbons (Fsp3) is 0.900. The maximum absolute atomic E-state index is 11.5. The molecule has 0 aromatic carbocycles. The number of esters is 1. The van der Waals surface area contributed by atoms with Crippen molar-refractivity contribution < 1.29 is 19.0 Å². The van der Waals surface area contributed by atoms with Gasteiger partial charge in [0.05, 0.1) is 19.8 Å². The van der Waals surface area contributed by atoms with Gasteiger partial charge >= 0.3 is 5.97 Å². The fourth-order valence-electron chi connectivity index (χ4n) is 1.52. The van der Waals surface area contributed by atoms with Crippen LogP contribution in [0.4, 0.5) is 0 Å². The predicted octanol–water partition coefficient (Wildman–Crippen LogP) is 1.13. The number of carbonyl (C=O) groups excluding carboxylic acids is 1. The third kappa shape index (κ3) is 2.25. The van der Waals surface area contributed by atoms with Crippen LogP contribution in [0, 0.1) is 0 Å². The van der Waals surface area contributed by atoms with E-state index in [9.17, 15) is 4.79 Å². The lowest BCUT2D eigenvalue weighted by Gasteiger charge is -2.38. The molecule has 1 aliphatic rings. The van der Waals surface area contributed by atoms with Gasteiger partial charge in [-0.05, 0) is 20.3 Å². The van der Waals surface area contributed by atoms with E-state index in [1.165, 1.54) is 0 Å². The first-order valence-corrected chi connectivity index (χ1v) is 5.06. The number of hydrogen-bond donors (Lipinski definition) is 0. The SMILES string of the molecule is CCOC(=O)[C@@H]1OCCO[C@@]1(C)CC. The van der Waals surface area contributed by atoms with Gasteiger partial charge in [-0.15, -0.1) is 0 Å². The van der Waals surface area contributed by atoms with Crippen LogP contribution in [0.3, 0.4) is 0 Å². The molecule has 0 spiro atoms. The summed E-state index contributed by atoms with van der Waals surface area (Å²) in [5, 5.41) is 0. The molecule has 0 radical (unpaired) electrons. The Balaban J connectivity index is 2.67. The van der Waals surface area contributed by atoms with E-state index in [0.717, 1.165) is 6.42 Å². The van der Waals surface area contributed by atoms with E-state index in [-0.39, 0.29) is 5.97 Å². The van der Waals surface area contributed by atoms with Crippen LogP contribution in [0.5, 0.6) is 0 Å². The second kappa shape index (κ2) is 4.75. The predicted molar refractivity (Wildman–Crippen MR) is 51.0 cm³/mol. The van der Waals surface area contributed by atoms with Gasteiger partial charge in [-0.3, -0.25) is 0 Å². The number of hydrogen-bond acceptors (Lipinski definition) is 4. The molecule has 1 aliphatic heterocycles. The summed E-state index contributed by atoms with van der Waals surface area (Å²) in [7, 11) is 0. The molecule has 1 rings (SSSR count). The third-order valence-electron chi connectivity index (χ3n) is 2.56. The molecule has 0 aromatic rings. The summed E-state index contributed by atoms with van der Waals surface area (Å²) in [6.07, 6.45) is 0.150. The van der Waals surface area contributed by atoms with Gasteiger partial charge in [0.2, 0.25) is 0 Å². The van der Waals surface area contributed by atoms with E-state index >= 15 is 0 Å². The van der Waals surface area contributed by atoms with Gasteiger partial charge in [-0.2, -0.15) is 0 Å². The average molecular weight is 202 g/mol. The van der Waals surface area contributed by atoms with Crippen molar-refractivity contribution in [3.05, 3.63) is 0 Å². The molecule has 0 amide bonds. The Kier molecular flexibility index (Phi) is 3.89. The Morgan fingerprint density at radius 2 is 2.21 bits per heavy atom. The largest absolute Gasteiger partial charge is 0.464 e. The van der Waals surface area contributed by atoms with E-state index < -0.39 is 11.7 Å². The number of rotatable bonds is 3. The molecule has 4 nitrogen and oxygen atoms in total. The van der Waals surface area contributed by atoms with Crippen molar-refractivity contribution in [2.24, 2.45) is 0 Å². The molecule has 2 atom stereocenters. The van der Waals surface area contributed by atoms with Gasteiger partial charge in [-0.25, -0.2) is 4.79 Å². The third-order valence-corrected chi connectivity index (χ3v) is 2.56. The van der Waals surface area contributed by atoms with Crippen molar-refractivity contribution in [1.82, 2.24) is 0 Å². The van der Waals surface area contributed by atoms with Crippen molar-refractivity contribution >= 4 is 5.97 Å². The van der Waals surface area contributed by atoms with Crippen molar-refractivity contribution in [3.63, 3.8) is 0 Å². The zero-order valence-electron chi connectivity index (χ0n) is 9.04. The molecule has 0 bridgehead atoms. The zero-order valence-corrected chi connectivity index (χ0v) is 9.04. The van der Waals surface area contributed by atoms with Gasteiger partial charge < -0.3 is 14.2 Å². The Labute approximate surface area is 84.5 Å². The number of ether oxygens (including phenoxy) is 3. The summed E-state index contributed by atoms with van der Waals surface area (Å²) in [6.45, 7) is 7.01. The van der Waals surface area contributed by atoms with E-state index in [0.29, 0.717) is 19.8 Å². The highest BCUT2D eigenvalue weighted by atomic mass is 16.6. The monoisotopic (exact) mass is 202 g/mol. The van der Waals surface area contributed by atoms with E-state index in [4.69, 9.17) is 14.2 Å². The maximum Gasteiger partial charge on any atom is 0.338 e. The van der Waals surface area contributed by atoms with Crippen LogP contribution in [0.25, 0.3) is 0 Å². The van der Waals surface area contributed by atoms with Crippen LogP contribution in [-0.4, -0.2) is 37.5 Å².